The maximum absolute atomic E-state index is 14.2. The second-order valence-electron chi connectivity index (χ2n) is 31.0. The molecular formula is C74H107ClN12O23S4. The zero-order valence-electron chi connectivity index (χ0n) is 66.4. The third-order valence-corrected chi connectivity index (χ3v) is 21.6. The standard InChI is InChI=1S/C74H107ClN12O23S4/c1-50-53(46-106-65-38-64(105-45-52-36-56(41-76-39-52)111(12,94)95)54(37-59(65)75)40-78-60(48-113(99,100)101)69(91)77-22-35-112(96,97)98)16-13-17-57(50)58-18-14-19-63(51(58)2)107-47-55-42-87(81-80-55)24-15-23-82-27-33-86(34-28-82)70(92)61(49-114(102,103)104)79-66(88)21-20-62(71(93)110-74(9,10)11)85-31-29-83(43-67(89)108-72(3,4)5)25-26-84(30-32-85)44-68(90)109-73(6,7)8/h13-14,16-19,36-39,41-42,60-62,78H,15,20-35,40,43-49H2,1-12H3,(H,77,91)(H,79,88)(H,96,97,98)(H,99,100,101)(H,102,103,104)/t60-,61-,62+/m0/s1. The summed E-state index contributed by atoms with van der Waals surface area (Å²) in [7, 11) is -17.7. The number of rotatable bonds is 37. The van der Waals surface area contributed by atoms with E-state index in [1.807, 2.05) is 64.9 Å². The Hall–Kier alpha value is -8.06. The quantitative estimate of drug-likeness (QED) is 0.0185. The Morgan fingerprint density at radius 3 is 1.75 bits per heavy atom. The molecule has 0 aliphatic carbocycles. The summed E-state index contributed by atoms with van der Waals surface area (Å²) in [5.74, 6) is -6.34. The third-order valence-electron chi connectivity index (χ3n) is 18.0. The van der Waals surface area contributed by atoms with E-state index in [1.54, 1.807) is 73.2 Å². The van der Waals surface area contributed by atoms with Crippen LogP contribution in [0.3, 0.4) is 0 Å². The monoisotopic (exact) mass is 1690 g/mol. The van der Waals surface area contributed by atoms with Crippen LogP contribution in [-0.4, -0.2) is 278 Å². The summed E-state index contributed by atoms with van der Waals surface area (Å²) in [5, 5.41) is 16.2. The lowest BCUT2D eigenvalue weighted by Gasteiger charge is -2.36. The summed E-state index contributed by atoms with van der Waals surface area (Å²) in [6.07, 6.45) is 5.51. The van der Waals surface area contributed by atoms with Gasteiger partial charge in [-0.1, -0.05) is 47.1 Å². The first-order chi connectivity index (χ1) is 53.0. The summed E-state index contributed by atoms with van der Waals surface area (Å²) < 4.78 is 163. The van der Waals surface area contributed by atoms with Crippen molar-refractivity contribution in [3.05, 3.63) is 112 Å². The Morgan fingerprint density at radius 1 is 0.605 bits per heavy atom. The number of esters is 3. The molecule has 4 heterocycles. The van der Waals surface area contributed by atoms with Gasteiger partial charge < -0.3 is 49.3 Å². The summed E-state index contributed by atoms with van der Waals surface area (Å²) in [4.78, 5) is 94.6. The van der Waals surface area contributed by atoms with Gasteiger partial charge in [-0.2, -0.15) is 25.3 Å². The minimum atomic E-state index is -4.81. The average molecular weight is 1700 g/mol. The molecule has 2 aliphatic heterocycles. The number of ether oxygens (including phenoxy) is 6. The second-order valence-corrected chi connectivity index (χ2v) is 38.0. The van der Waals surface area contributed by atoms with Crippen molar-refractivity contribution in [2.45, 2.75) is 168 Å². The number of carbonyl (C=O) groups excluding carboxylic acids is 6. The number of halogens is 1. The first-order valence-corrected chi connectivity index (χ1v) is 44.1. The van der Waals surface area contributed by atoms with E-state index in [0.29, 0.717) is 62.7 Å². The number of sulfone groups is 1. The number of carbonyl (C=O) groups is 6. The van der Waals surface area contributed by atoms with Crippen LogP contribution in [0.15, 0.2) is 78.1 Å². The number of nitrogens with zero attached hydrogens (tertiary/aromatic N) is 9. The normalized spacial score (nSPS) is 15.8. The summed E-state index contributed by atoms with van der Waals surface area (Å²) in [6.45, 7) is 22.4. The molecule has 114 heavy (non-hydrogen) atoms. The Balaban J connectivity index is 0.936. The number of nitrogens with one attached hydrogen (secondary N) is 3. The molecule has 40 heteroatoms. The van der Waals surface area contributed by atoms with Gasteiger partial charge >= 0.3 is 17.9 Å². The number of aromatic nitrogens is 4. The maximum atomic E-state index is 14.2. The topological polar surface area (TPSA) is 451 Å². The number of aryl methyl sites for hydroxylation is 1. The Kier molecular flexibility index (Phi) is 33.2. The molecule has 0 bridgehead atoms. The molecule has 3 amide bonds. The predicted octanol–water partition coefficient (Wildman–Crippen LogP) is 4.10. The van der Waals surface area contributed by atoms with Crippen molar-refractivity contribution in [3.63, 3.8) is 0 Å². The van der Waals surface area contributed by atoms with Gasteiger partial charge in [-0.3, -0.25) is 71.7 Å². The van der Waals surface area contributed by atoms with Gasteiger partial charge in [-0.25, -0.2) is 8.42 Å². The first kappa shape index (κ1) is 93.1. The van der Waals surface area contributed by atoms with Crippen molar-refractivity contribution in [1.29, 1.82) is 0 Å². The molecule has 3 atom stereocenters. The molecule has 2 saturated heterocycles. The maximum Gasteiger partial charge on any atom is 0.323 e. The highest BCUT2D eigenvalue weighted by Gasteiger charge is 2.37. The molecule has 0 saturated carbocycles. The van der Waals surface area contributed by atoms with Gasteiger partial charge in [0.2, 0.25) is 17.7 Å². The van der Waals surface area contributed by atoms with Crippen molar-refractivity contribution in [1.82, 2.24) is 60.4 Å². The molecular weight excluding hydrogens is 1590 g/mol. The fourth-order valence-electron chi connectivity index (χ4n) is 12.5. The molecule has 5 aromatic rings. The van der Waals surface area contributed by atoms with E-state index in [1.165, 1.54) is 35.5 Å². The van der Waals surface area contributed by atoms with E-state index >= 15 is 0 Å². The molecule has 3 aromatic carbocycles. The van der Waals surface area contributed by atoms with Crippen LogP contribution in [0.5, 0.6) is 17.2 Å². The molecule has 2 fully saturated rings. The fraction of sp³-hybridized carbons (Fsp3) is 0.581. The Morgan fingerprint density at radius 2 is 1.17 bits per heavy atom. The SMILES string of the molecule is Cc1c(COc2cc(OCc3cncc(S(C)(=O)=O)c3)c(CN[C@@H](CS(=O)(=O)O)C(=O)NCCS(=O)(=O)O)cc2Cl)cccc1-c1cccc(OCc2cn(CCCN3CCN(C(=O)[C@H](CS(=O)(=O)O)NC(=O)CC[C@H](C(=O)OC(C)(C)C)N4CCN(CC(=O)OC(C)(C)C)CCN(CC(=O)OC(C)(C)C)CC4)CC3)nn2)c1C. The molecule has 0 radical (unpaired) electrons. The number of hydrogen-bond donors (Lipinski definition) is 6. The van der Waals surface area contributed by atoms with Crippen molar-refractivity contribution in [2.24, 2.45) is 0 Å². The smallest absolute Gasteiger partial charge is 0.323 e. The molecule has 2 aromatic heterocycles. The zero-order chi connectivity index (χ0) is 84.3. The lowest BCUT2D eigenvalue weighted by Crippen LogP contribution is -2.57. The number of amides is 3. The van der Waals surface area contributed by atoms with Crippen LogP contribution < -0.4 is 30.2 Å². The number of hydrogen-bond acceptors (Lipinski definition) is 28. The summed E-state index contributed by atoms with van der Waals surface area (Å²) >= 11 is 6.84. The van der Waals surface area contributed by atoms with Gasteiger partial charge in [-0.15, -0.1) is 5.10 Å². The lowest BCUT2D eigenvalue weighted by molar-refractivity contribution is -0.163. The third kappa shape index (κ3) is 32.2. The van der Waals surface area contributed by atoms with Crippen LogP contribution in [0.4, 0.5) is 0 Å². The van der Waals surface area contributed by atoms with Crippen LogP contribution in [0.2, 0.25) is 5.02 Å². The predicted molar refractivity (Wildman–Crippen MR) is 421 cm³/mol. The van der Waals surface area contributed by atoms with Crippen LogP contribution in [0.25, 0.3) is 11.1 Å². The van der Waals surface area contributed by atoms with Crippen LogP contribution in [0, 0.1) is 13.8 Å². The number of benzene rings is 3. The number of pyridine rings is 1. The Labute approximate surface area is 671 Å². The van der Waals surface area contributed by atoms with E-state index in [2.05, 4.69) is 36.1 Å². The molecule has 7 rings (SSSR count). The Bertz CT molecular complexity index is 4620. The summed E-state index contributed by atoms with van der Waals surface area (Å²) in [6, 6.07) is 11.2. The van der Waals surface area contributed by atoms with Crippen molar-refractivity contribution < 1.29 is 105 Å². The minimum absolute atomic E-state index is 0.0112. The molecule has 6 N–H and O–H groups in total. The highest BCUT2D eigenvalue weighted by atomic mass is 35.5. The van der Waals surface area contributed by atoms with E-state index in [-0.39, 0.29) is 119 Å². The van der Waals surface area contributed by atoms with E-state index in [0.717, 1.165) is 34.1 Å². The number of piperazine rings is 1. The lowest BCUT2D eigenvalue weighted by atomic mass is 9.93. The van der Waals surface area contributed by atoms with Crippen LogP contribution in [-0.2, 0) is 116 Å². The zero-order valence-corrected chi connectivity index (χ0v) is 70.4. The van der Waals surface area contributed by atoms with Gasteiger partial charge in [0, 0.05) is 134 Å². The van der Waals surface area contributed by atoms with Crippen molar-refractivity contribution in [3.8, 4) is 28.4 Å². The van der Waals surface area contributed by atoms with Gasteiger partial charge in [0.15, 0.2) is 9.84 Å². The fourth-order valence-corrected chi connectivity index (χ4v) is 15.0. The van der Waals surface area contributed by atoms with Crippen LogP contribution in [0.1, 0.15) is 115 Å². The highest BCUT2D eigenvalue weighted by Crippen LogP contribution is 2.37. The summed E-state index contributed by atoms with van der Waals surface area (Å²) in [5.41, 5.74) is 2.88. The van der Waals surface area contributed by atoms with Crippen molar-refractivity contribution >= 4 is 87.4 Å². The van der Waals surface area contributed by atoms with Crippen LogP contribution >= 0.6 is 11.6 Å². The van der Waals surface area contributed by atoms with Gasteiger partial charge in [-0.05, 0) is 135 Å². The first-order valence-electron chi connectivity index (χ1n) is 37.0. The van der Waals surface area contributed by atoms with E-state index < -0.39 is 135 Å². The van der Waals surface area contributed by atoms with E-state index in [4.69, 9.17) is 44.6 Å². The van der Waals surface area contributed by atoms with Crippen molar-refractivity contribution in [2.75, 3.05) is 115 Å². The van der Waals surface area contributed by atoms with Gasteiger partial charge in [0.25, 0.3) is 30.4 Å². The largest absolute Gasteiger partial charge is 0.488 e. The average Bonchev–Trinajstić information content (AvgIpc) is 0.966. The molecule has 0 unspecified atom stereocenters. The van der Waals surface area contributed by atoms with E-state index in [9.17, 15) is 71.5 Å². The second kappa shape index (κ2) is 40.7. The highest BCUT2D eigenvalue weighted by molar-refractivity contribution is 7.90. The van der Waals surface area contributed by atoms with Gasteiger partial charge in [0.05, 0.1) is 40.7 Å². The molecule has 0 spiro atoms. The molecule has 35 nitrogen and oxygen atoms in total. The molecule has 632 valence electrons. The van der Waals surface area contributed by atoms with Gasteiger partial charge in [0.1, 0.15) is 83.4 Å². The molecule has 2 aliphatic rings. The minimum Gasteiger partial charge on any atom is -0.488 e.